The van der Waals surface area contributed by atoms with E-state index in [1.54, 1.807) is 0 Å². The number of methoxy groups -OCH3 is 1. The first kappa shape index (κ1) is 34.0. The van der Waals surface area contributed by atoms with E-state index in [-0.39, 0.29) is 22.1 Å². The van der Waals surface area contributed by atoms with Crippen molar-refractivity contribution in [2.45, 2.75) is 123 Å². The standard InChI is InChI=1S/C27H53IO4Si2/c1-21(20-31-33(10,11)26(3,4)5)15-14-16-23(25(29)30-9)17-18-24(22(2)19-28)32-34(12,13)27(6,7)8/h17,19,21,24H,14-16,18,20H2,1-13H3/b22-19+,23-17-/t21-,24-/m0/s1. The van der Waals surface area contributed by atoms with Crippen molar-refractivity contribution < 1.29 is 18.4 Å². The normalized spacial score (nSPS) is 16.4. The molecule has 7 heteroatoms. The SMILES string of the molecule is COC(=O)/C(=C\C[C@H](O[Si](C)(C)C(C)(C)C)/C(C)=C/I)CCC[C@H](C)CO[Si](C)(C)C(C)(C)C. The maximum atomic E-state index is 12.5. The van der Waals surface area contributed by atoms with E-state index in [1.165, 1.54) is 12.7 Å². The average Bonchev–Trinajstić information content (AvgIpc) is 2.70. The Morgan fingerprint density at radius 3 is 1.97 bits per heavy atom. The van der Waals surface area contributed by atoms with Crippen LogP contribution in [-0.4, -0.2) is 42.4 Å². The van der Waals surface area contributed by atoms with Gasteiger partial charge in [-0.25, -0.2) is 4.79 Å². The van der Waals surface area contributed by atoms with E-state index in [1.807, 2.05) is 6.08 Å². The van der Waals surface area contributed by atoms with Gasteiger partial charge >= 0.3 is 5.97 Å². The van der Waals surface area contributed by atoms with E-state index in [4.69, 9.17) is 13.6 Å². The van der Waals surface area contributed by atoms with Crippen LogP contribution >= 0.6 is 22.6 Å². The molecule has 0 amide bonds. The minimum Gasteiger partial charge on any atom is -0.466 e. The third-order valence-electron chi connectivity index (χ3n) is 7.63. The molecular formula is C27H53IO4Si2. The van der Waals surface area contributed by atoms with Crippen molar-refractivity contribution in [1.29, 1.82) is 0 Å². The lowest BCUT2D eigenvalue weighted by molar-refractivity contribution is -0.136. The molecule has 34 heavy (non-hydrogen) atoms. The van der Waals surface area contributed by atoms with E-state index in [9.17, 15) is 4.79 Å². The number of esters is 1. The van der Waals surface area contributed by atoms with Crippen LogP contribution < -0.4 is 0 Å². The summed E-state index contributed by atoms with van der Waals surface area (Å²) in [5, 5.41) is 0.357. The number of halogens is 1. The number of hydrogen-bond acceptors (Lipinski definition) is 4. The second-order valence-corrected chi connectivity index (χ2v) is 22.9. The molecule has 200 valence electrons. The van der Waals surface area contributed by atoms with E-state index < -0.39 is 16.6 Å². The Hall–Kier alpha value is 0.0338. The summed E-state index contributed by atoms with van der Waals surface area (Å²) in [6.45, 7) is 27.9. The van der Waals surface area contributed by atoms with Crippen molar-refractivity contribution in [2.75, 3.05) is 13.7 Å². The van der Waals surface area contributed by atoms with Crippen molar-refractivity contribution >= 4 is 45.2 Å². The van der Waals surface area contributed by atoms with Crippen LogP contribution in [0.3, 0.4) is 0 Å². The van der Waals surface area contributed by atoms with E-state index in [0.29, 0.717) is 12.3 Å². The van der Waals surface area contributed by atoms with Crippen LogP contribution in [0.1, 0.15) is 81.1 Å². The maximum Gasteiger partial charge on any atom is 0.333 e. The first-order valence-corrected chi connectivity index (χ1v) is 19.7. The molecule has 4 nitrogen and oxygen atoms in total. The predicted molar refractivity (Wildman–Crippen MR) is 161 cm³/mol. The second kappa shape index (κ2) is 14.1. The summed E-state index contributed by atoms with van der Waals surface area (Å²) in [6.07, 6.45) is 5.40. The van der Waals surface area contributed by atoms with E-state index in [2.05, 4.69) is 108 Å². The Morgan fingerprint density at radius 1 is 1.00 bits per heavy atom. The minimum atomic E-state index is -1.93. The summed E-state index contributed by atoms with van der Waals surface area (Å²) in [7, 11) is -2.20. The molecule has 0 bridgehead atoms. The highest BCUT2D eigenvalue weighted by molar-refractivity contribution is 14.1. The van der Waals surface area contributed by atoms with Crippen LogP contribution in [0.2, 0.25) is 36.3 Å². The van der Waals surface area contributed by atoms with Gasteiger partial charge in [-0.05, 0) is 84.4 Å². The molecule has 0 saturated carbocycles. The van der Waals surface area contributed by atoms with Gasteiger partial charge in [0.2, 0.25) is 0 Å². The minimum absolute atomic E-state index is 0.0191. The van der Waals surface area contributed by atoms with Crippen LogP contribution in [0, 0.1) is 5.92 Å². The smallest absolute Gasteiger partial charge is 0.333 e. The van der Waals surface area contributed by atoms with Gasteiger partial charge in [0.05, 0.1) is 13.2 Å². The van der Waals surface area contributed by atoms with Crippen LogP contribution in [0.25, 0.3) is 0 Å². The molecule has 0 heterocycles. The Labute approximate surface area is 227 Å². The van der Waals surface area contributed by atoms with Gasteiger partial charge in [0.25, 0.3) is 0 Å². The van der Waals surface area contributed by atoms with Gasteiger partial charge in [0, 0.05) is 12.2 Å². The monoisotopic (exact) mass is 624 g/mol. The number of ether oxygens (including phenoxy) is 1. The van der Waals surface area contributed by atoms with Gasteiger partial charge in [-0.2, -0.15) is 0 Å². The van der Waals surface area contributed by atoms with Crippen molar-refractivity contribution in [2.24, 2.45) is 5.92 Å². The zero-order valence-corrected chi connectivity index (χ0v) is 28.5. The number of rotatable bonds is 13. The average molecular weight is 625 g/mol. The van der Waals surface area contributed by atoms with Crippen LogP contribution in [-0.2, 0) is 18.4 Å². The topological polar surface area (TPSA) is 44.8 Å². The van der Waals surface area contributed by atoms with E-state index in [0.717, 1.165) is 31.4 Å². The van der Waals surface area contributed by atoms with E-state index >= 15 is 0 Å². The lowest BCUT2D eigenvalue weighted by Crippen LogP contribution is -2.44. The van der Waals surface area contributed by atoms with Gasteiger partial charge < -0.3 is 13.6 Å². The number of carbonyl (C=O) groups excluding carboxylic acids is 1. The molecule has 0 N–H and O–H groups in total. The molecular weight excluding hydrogens is 571 g/mol. The van der Waals surface area contributed by atoms with Crippen molar-refractivity contribution in [3.63, 3.8) is 0 Å². The summed E-state index contributed by atoms with van der Waals surface area (Å²) in [4.78, 5) is 12.5. The predicted octanol–water partition coefficient (Wildman–Crippen LogP) is 9.03. The van der Waals surface area contributed by atoms with Gasteiger partial charge in [0.1, 0.15) is 0 Å². The molecule has 0 aliphatic heterocycles. The molecule has 0 fully saturated rings. The molecule has 0 aromatic carbocycles. The maximum absolute atomic E-state index is 12.5. The van der Waals surface area contributed by atoms with Crippen molar-refractivity contribution in [1.82, 2.24) is 0 Å². The van der Waals surface area contributed by atoms with Crippen LogP contribution in [0.5, 0.6) is 0 Å². The molecule has 0 aliphatic rings. The molecule has 0 rings (SSSR count). The highest BCUT2D eigenvalue weighted by Gasteiger charge is 2.39. The molecule has 2 atom stereocenters. The quantitative estimate of drug-likeness (QED) is 0.0888. The van der Waals surface area contributed by atoms with Crippen LogP contribution in [0.15, 0.2) is 21.3 Å². The summed E-state index contributed by atoms with van der Waals surface area (Å²) in [6, 6.07) is 0. The lowest BCUT2D eigenvalue weighted by atomic mass is 10.00. The summed E-state index contributed by atoms with van der Waals surface area (Å²) < 4.78 is 20.3. The van der Waals surface area contributed by atoms with Crippen molar-refractivity contribution in [3.05, 3.63) is 21.3 Å². The van der Waals surface area contributed by atoms with Gasteiger partial charge in [0.15, 0.2) is 16.6 Å². The fourth-order valence-corrected chi connectivity index (χ4v) is 5.77. The summed E-state index contributed by atoms with van der Waals surface area (Å²) in [5.74, 6) is 0.235. The first-order chi connectivity index (χ1) is 15.3. The third kappa shape index (κ3) is 11.4. The van der Waals surface area contributed by atoms with Crippen molar-refractivity contribution in [3.8, 4) is 0 Å². The molecule has 0 spiro atoms. The third-order valence-corrected chi connectivity index (χ3v) is 17.6. The molecule has 0 aromatic rings. The fraction of sp³-hybridized carbons (Fsp3) is 0.815. The number of hydrogen-bond donors (Lipinski definition) is 0. The fourth-order valence-electron chi connectivity index (χ4n) is 2.89. The summed E-state index contributed by atoms with van der Waals surface area (Å²) >= 11 is 2.28. The Balaban J connectivity index is 5.20. The lowest BCUT2D eigenvalue weighted by Gasteiger charge is -2.39. The molecule has 0 saturated heterocycles. The Morgan fingerprint density at radius 2 is 1.53 bits per heavy atom. The van der Waals surface area contributed by atoms with Gasteiger partial charge in [-0.1, -0.05) is 77.1 Å². The van der Waals surface area contributed by atoms with Gasteiger partial charge in [-0.15, -0.1) is 0 Å². The molecule has 0 aliphatic carbocycles. The Bertz CT molecular complexity index is 700. The second-order valence-electron chi connectivity index (χ2n) is 12.7. The van der Waals surface area contributed by atoms with Gasteiger partial charge in [-0.3, -0.25) is 0 Å². The molecule has 0 unspecified atom stereocenters. The largest absolute Gasteiger partial charge is 0.466 e. The highest BCUT2D eigenvalue weighted by Crippen LogP contribution is 2.39. The zero-order chi connectivity index (χ0) is 27.0. The number of carbonyl (C=O) groups is 1. The molecule has 0 radical (unpaired) electrons. The first-order valence-electron chi connectivity index (χ1n) is 12.6. The zero-order valence-electron chi connectivity index (χ0n) is 24.4. The highest BCUT2D eigenvalue weighted by atomic mass is 127. The van der Waals surface area contributed by atoms with Crippen LogP contribution in [0.4, 0.5) is 0 Å². The molecule has 0 aromatic heterocycles. The Kier molecular flexibility index (Phi) is 14.1. The summed E-state index contributed by atoms with van der Waals surface area (Å²) in [5.41, 5.74) is 1.95.